The van der Waals surface area contributed by atoms with Crippen LogP contribution in [-0.4, -0.2) is 18.8 Å². The van der Waals surface area contributed by atoms with E-state index in [0.717, 1.165) is 17.4 Å². The Morgan fingerprint density at radius 2 is 2.08 bits per heavy atom. The highest BCUT2D eigenvalue weighted by atomic mass is 35.5. The quantitative estimate of drug-likeness (QED) is 0.697. The number of hydrogen-bond acceptors (Lipinski definition) is 2. The van der Waals surface area contributed by atoms with Crippen LogP contribution in [0.1, 0.15) is 6.92 Å². The van der Waals surface area contributed by atoms with E-state index >= 15 is 0 Å². The summed E-state index contributed by atoms with van der Waals surface area (Å²) in [6, 6.07) is 7.36. The Labute approximate surface area is 82.4 Å². The zero-order chi connectivity index (χ0) is 9.26. The highest BCUT2D eigenvalue weighted by molar-refractivity contribution is 6.30. The number of benzene rings is 1. The molecule has 70 valence electrons. The summed E-state index contributed by atoms with van der Waals surface area (Å²) in [5, 5.41) is 0.725. The SMILES string of the molecule is C[C@H](Oc1ccc(Cl)cc1)[C@H]1CO1. The molecule has 0 amide bonds. The molecule has 2 atom stereocenters. The molecule has 2 nitrogen and oxygen atoms in total. The smallest absolute Gasteiger partial charge is 0.124 e. The van der Waals surface area contributed by atoms with Gasteiger partial charge in [-0.2, -0.15) is 0 Å². The first-order valence-electron chi connectivity index (χ1n) is 4.29. The average Bonchev–Trinajstić information content (AvgIpc) is 2.91. The van der Waals surface area contributed by atoms with Crippen molar-refractivity contribution in [1.29, 1.82) is 0 Å². The Kier molecular flexibility index (Phi) is 2.42. The van der Waals surface area contributed by atoms with Crippen LogP contribution in [0.15, 0.2) is 24.3 Å². The lowest BCUT2D eigenvalue weighted by molar-refractivity contribution is 0.176. The van der Waals surface area contributed by atoms with E-state index in [-0.39, 0.29) is 12.2 Å². The molecule has 1 heterocycles. The predicted octanol–water partition coefficient (Wildman–Crippen LogP) is 2.51. The van der Waals surface area contributed by atoms with Gasteiger partial charge < -0.3 is 9.47 Å². The summed E-state index contributed by atoms with van der Waals surface area (Å²) in [4.78, 5) is 0. The molecule has 0 unspecified atom stereocenters. The van der Waals surface area contributed by atoms with Crippen molar-refractivity contribution in [2.24, 2.45) is 0 Å². The lowest BCUT2D eigenvalue weighted by atomic mass is 10.3. The van der Waals surface area contributed by atoms with Crippen molar-refractivity contribution in [1.82, 2.24) is 0 Å². The summed E-state index contributed by atoms with van der Waals surface area (Å²) in [5.74, 6) is 0.840. The van der Waals surface area contributed by atoms with Crippen molar-refractivity contribution in [2.45, 2.75) is 19.1 Å². The van der Waals surface area contributed by atoms with Crippen LogP contribution in [0.2, 0.25) is 5.02 Å². The van der Waals surface area contributed by atoms with Crippen molar-refractivity contribution in [3.8, 4) is 5.75 Å². The second-order valence-corrected chi connectivity index (χ2v) is 3.59. The van der Waals surface area contributed by atoms with E-state index in [9.17, 15) is 0 Å². The van der Waals surface area contributed by atoms with Gasteiger partial charge in [0.1, 0.15) is 18.0 Å². The molecule has 0 radical (unpaired) electrons. The first-order valence-corrected chi connectivity index (χ1v) is 4.67. The fourth-order valence-electron chi connectivity index (χ4n) is 1.13. The van der Waals surface area contributed by atoms with Crippen molar-refractivity contribution in [3.05, 3.63) is 29.3 Å². The first kappa shape index (κ1) is 8.85. The normalized spacial score (nSPS) is 22.5. The molecule has 2 rings (SSSR count). The number of epoxide rings is 1. The summed E-state index contributed by atoms with van der Waals surface area (Å²) in [6.45, 7) is 2.82. The summed E-state index contributed by atoms with van der Waals surface area (Å²) in [6.07, 6.45) is 0.400. The average molecular weight is 199 g/mol. The summed E-state index contributed by atoms with van der Waals surface area (Å²) in [7, 11) is 0. The molecule has 0 saturated carbocycles. The lowest BCUT2D eigenvalue weighted by Gasteiger charge is -2.11. The Balaban J connectivity index is 1.96. The van der Waals surface area contributed by atoms with Crippen LogP contribution in [0.3, 0.4) is 0 Å². The standard InChI is InChI=1S/C10H11ClO2/c1-7(10-6-12-10)13-9-4-2-8(11)3-5-9/h2-5,7,10H,6H2,1H3/t7-,10+/m0/s1. The fraction of sp³-hybridized carbons (Fsp3) is 0.400. The fourth-order valence-corrected chi connectivity index (χ4v) is 1.26. The van der Waals surface area contributed by atoms with Crippen LogP contribution < -0.4 is 4.74 Å². The van der Waals surface area contributed by atoms with Crippen molar-refractivity contribution < 1.29 is 9.47 Å². The van der Waals surface area contributed by atoms with Crippen molar-refractivity contribution in [3.63, 3.8) is 0 Å². The zero-order valence-electron chi connectivity index (χ0n) is 7.37. The highest BCUT2D eigenvalue weighted by Gasteiger charge is 2.30. The maximum atomic E-state index is 5.74. The monoisotopic (exact) mass is 198 g/mol. The van der Waals surface area contributed by atoms with E-state index in [1.807, 2.05) is 31.2 Å². The third kappa shape index (κ3) is 2.36. The molecule has 0 aromatic heterocycles. The van der Waals surface area contributed by atoms with Gasteiger partial charge in [0.2, 0.25) is 0 Å². The molecule has 1 aliphatic heterocycles. The maximum Gasteiger partial charge on any atom is 0.124 e. The Hall–Kier alpha value is -0.730. The molecule has 0 aliphatic carbocycles. The lowest BCUT2D eigenvalue weighted by Crippen LogP contribution is -2.18. The molecule has 0 N–H and O–H groups in total. The summed E-state index contributed by atoms with van der Waals surface area (Å²) in [5.41, 5.74) is 0. The van der Waals surface area contributed by atoms with E-state index in [2.05, 4.69) is 0 Å². The van der Waals surface area contributed by atoms with Crippen LogP contribution in [0.25, 0.3) is 0 Å². The molecule has 1 fully saturated rings. The molecular weight excluding hydrogens is 188 g/mol. The molecule has 1 saturated heterocycles. The molecule has 3 heteroatoms. The van der Waals surface area contributed by atoms with Gasteiger partial charge in [-0.15, -0.1) is 0 Å². The molecule has 0 bridgehead atoms. The van der Waals surface area contributed by atoms with Crippen LogP contribution in [0.5, 0.6) is 5.75 Å². The number of halogens is 1. The van der Waals surface area contributed by atoms with Gasteiger partial charge in [-0.1, -0.05) is 11.6 Å². The van der Waals surface area contributed by atoms with E-state index in [1.165, 1.54) is 0 Å². The highest BCUT2D eigenvalue weighted by Crippen LogP contribution is 2.21. The predicted molar refractivity (Wildman–Crippen MR) is 51.3 cm³/mol. The second-order valence-electron chi connectivity index (χ2n) is 3.15. The third-order valence-electron chi connectivity index (χ3n) is 2.02. The third-order valence-corrected chi connectivity index (χ3v) is 2.27. The Morgan fingerprint density at radius 3 is 2.62 bits per heavy atom. The van der Waals surface area contributed by atoms with Crippen molar-refractivity contribution >= 4 is 11.6 Å². The minimum Gasteiger partial charge on any atom is -0.488 e. The Morgan fingerprint density at radius 1 is 1.46 bits per heavy atom. The molecule has 13 heavy (non-hydrogen) atoms. The summed E-state index contributed by atoms with van der Waals surface area (Å²) >= 11 is 5.74. The maximum absolute atomic E-state index is 5.74. The van der Waals surface area contributed by atoms with Crippen LogP contribution >= 0.6 is 11.6 Å². The number of hydrogen-bond donors (Lipinski definition) is 0. The van der Waals surface area contributed by atoms with Gasteiger partial charge in [0.25, 0.3) is 0 Å². The molecule has 1 aromatic carbocycles. The largest absolute Gasteiger partial charge is 0.488 e. The Bertz CT molecular complexity index is 279. The van der Waals surface area contributed by atoms with E-state index < -0.39 is 0 Å². The van der Waals surface area contributed by atoms with Crippen LogP contribution in [-0.2, 0) is 4.74 Å². The van der Waals surface area contributed by atoms with Crippen LogP contribution in [0, 0.1) is 0 Å². The van der Waals surface area contributed by atoms with Gasteiger partial charge in [-0.25, -0.2) is 0 Å². The van der Waals surface area contributed by atoms with Gasteiger partial charge in [0.05, 0.1) is 6.61 Å². The van der Waals surface area contributed by atoms with Gasteiger partial charge in [-0.05, 0) is 31.2 Å². The van der Waals surface area contributed by atoms with Crippen LogP contribution in [0.4, 0.5) is 0 Å². The number of ether oxygens (including phenoxy) is 2. The second kappa shape index (κ2) is 3.56. The molecule has 1 aromatic rings. The topological polar surface area (TPSA) is 21.8 Å². The first-order chi connectivity index (χ1) is 6.25. The molecule has 0 spiro atoms. The minimum absolute atomic E-state index is 0.126. The van der Waals surface area contributed by atoms with Gasteiger partial charge in [-0.3, -0.25) is 0 Å². The summed E-state index contributed by atoms with van der Waals surface area (Å²) < 4.78 is 10.7. The van der Waals surface area contributed by atoms with Gasteiger partial charge in [0.15, 0.2) is 0 Å². The van der Waals surface area contributed by atoms with Gasteiger partial charge in [0, 0.05) is 5.02 Å². The number of rotatable bonds is 3. The van der Waals surface area contributed by atoms with Crippen molar-refractivity contribution in [2.75, 3.05) is 6.61 Å². The minimum atomic E-state index is 0.126. The van der Waals surface area contributed by atoms with E-state index in [0.29, 0.717) is 0 Å². The molecule has 1 aliphatic rings. The van der Waals surface area contributed by atoms with Gasteiger partial charge >= 0.3 is 0 Å². The van der Waals surface area contributed by atoms with E-state index in [1.54, 1.807) is 0 Å². The van der Waals surface area contributed by atoms with E-state index in [4.69, 9.17) is 21.1 Å². The molecular formula is C10H11ClO2. The zero-order valence-corrected chi connectivity index (χ0v) is 8.12.